The van der Waals surface area contributed by atoms with Crippen LogP contribution in [-0.2, 0) is 4.74 Å². The molecule has 3 atom stereocenters. The molecular weight excluding hydrogens is 226 g/mol. The van der Waals surface area contributed by atoms with Crippen molar-refractivity contribution in [2.24, 2.45) is 0 Å². The van der Waals surface area contributed by atoms with Gasteiger partial charge in [-0.05, 0) is 39.4 Å². The Labute approximate surface area is 109 Å². The summed E-state index contributed by atoms with van der Waals surface area (Å²) < 4.78 is 5.62. The zero-order valence-corrected chi connectivity index (χ0v) is 11.7. The Bertz CT molecular complexity index is 379. The summed E-state index contributed by atoms with van der Waals surface area (Å²) in [6.07, 6.45) is 3.34. The van der Waals surface area contributed by atoms with Gasteiger partial charge in [-0.15, -0.1) is 0 Å². The largest absolute Gasteiger partial charge is 0.376 e. The Morgan fingerprint density at radius 3 is 2.78 bits per heavy atom. The molecule has 0 amide bonds. The van der Waals surface area contributed by atoms with Gasteiger partial charge in [-0.2, -0.15) is 0 Å². The molecule has 0 aromatic carbocycles. The van der Waals surface area contributed by atoms with E-state index in [4.69, 9.17) is 4.74 Å². The summed E-state index contributed by atoms with van der Waals surface area (Å²) in [5.41, 5.74) is 2.23. The predicted octanol–water partition coefficient (Wildman–Crippen LogP) is 1.98. The zero-order chi connectivity index (χ0) is 13.1. The number of likely N-dealkylation sites (N-methyl/N-ethyl adjacent to an activating group) is 1. The molecule has 1 aliphatic heterocycles. The molecule has 3 unspecified atom stereocenters. The number of aromatic nitrogens is 1. The highest BCUT2D eigenvalue weighted by molar-refractivity contribution is 5.45. The fourth-order valence-electron chi connectivity index (χ4n) is 2.43. The van der Waals surface area contributed by atoms with Crippen molar-refractivity contribution in [3.63, 3.8) is 0 Å². The van der Waals surface area contributed by atoms with Crippen molar-refractivity contribution in [3.8, 4) is 0 Å². The summed E-state index contributed by atoms with van der Waals surface area (Å²) >= 11 is 0. The molecule has 1 aromatic rings. The summed E-state index contributed by atoms with van der Waals surface area (Å²) in [4.78, 5) is 6.80. The third kappa shape index (κ3) is 2.65. The second-order valence-corrected chi connectivity index (χ2v) is 4.99. The number of ether oxygens (including phenoxy) is 1. The minimum absolute atomic E-state index is 0.290. The van der Waals surface area contributed by atoms with E-state index < -0.39 is 0 Å². The number of hydrogen-bond donors (Lipinski definition) is 1. The fraction of sp³-hybridized carbons (Fsp3) is 0.643. The second kappa shape index (κ2) is 5.67. The van der Waals surface area contributed by atoms with Crippen LogP contribution in [0.1, 0.15) is 32.0 Å². The topological polar surface area (TPSA) is 37.4 Å². The van der Waals surface area contributed by atoms with Crippen molar-refractivity contribution >= 4 is 5.69 Å². The molecule has 2 rings (SSSR count). The van der Waals surface area contributed by atoms with Crippen molar-refractivity contribution in [3.05, 3.63) is 24.0 Å². The maximum Gasteiger partial charge on any atom is 0.0750 e. The number of pyridine rings is 1. The number of hydrogen-bond acceptors (Lipinski definition) is 4. The Morgan fingerprint density at radius 2 is 2.28 bits per heavy atom. The van der Waals surface area contributed by atoms with Crippen LogP contribution in [0.4, 0.5) is 5.69 Å². The molecule has 2 heterocycles. The van der Waals surface area contributed by atoms with Gasteiger partial charge in [0.15, 0.2) is 0 Å². The Balaban J connectivity index is 2.09. The van der Waals surface area contributed by atoms with E-state index in [1.807, 2.05) is 13.2 Å². The van der Waals surface area contributed by atoms with Crippen LogP contribution in [0, 0.1) is 0 Å². The van der Waals surface area contributed by atoms with E-state index in [1.165, 1.54) is 0 Å². The van der Waals surface area contributed by atoms with Gasteiger partial charge in [-0.1, -0.05) is 0 Å². The zero-order valence-electron chi connectivity index (χ0n) is 11.7. The van der Waals surface area contributed by atoms with Crippen LogP contribution in [0.2, 0.25) is 0 Å². The first-order valence-corrected chi connectivity index (χ1v) is 6.61. The first kappa shape index (κ1) is 13.3. The molecule has 1 saturated heterocycles. The molecule has 0 saturated carbocycles. The lowest BCUT2D eigenvalue weighted by Crippen LogP contribution is -2.36. The lowest BCUT2D eigenvalue weighted by atomic mass is 10.1. The standard InChI is InChI=1S/C14H23N3O/c1-10(15-3)13-6-5-12(9-16-13)17(4)14-7-8-18-11(14)2/h5-6,9-11,14-15H,7-8H2,1-4H3. The minimum Gasteiger partial charge on any atom is -0.376 e. The van der Waals surface area contributed by atoms with Gasteiger partial charge < -0.3 is 15.0 Å². The van der Waals surface area contributed by atoms with E-state index >= 15 is 0 Å². The van der Waals surface area contributed by atoms with Crippen molar-refractivity contribution in [2.45, 2.75) is 38.5 Å². The molecule has 0 aliphatic carbocycles. The van der Waals surface area contributed by atoms with Gasteiger partial charge in [0.1, 0.15) is 0 Å². The van der Waals surface area contributed by atoms with Gasteiger partial charge in [0.2, 0.25) is 0 Å². The van der Waals surface area contributed by atoms with E-state index in [-0.39, 0.29) is 6.04 Å². The van der Waals surface area contributed by atoms with Gasteiger partial charge in [0, 0.05) is 19.7 Å². The third-order valence-corrected chi connectivity index (χ3v) is 3.89. The summed E-state index contributed by atoms with van der Waals surface area (Å²) in [5.74, 6) is 0. The van der Waals surface area contributed by atoms with Crippen LogP contribution < -0.4 is 10.2 Å². The SMILES string of the molecule is CNC(C)c1ccc(N(C)C2CCOC2C)cn1. The van der Waals surface area contributed by atoms with Gasteiger partial charge in [-0.3, -0.25) is 4.98 Å². The van der Waals surface area contributed by atoms with E-state index in [9.17, 15) is 0 Å². The normalized spacial score (nSPS) is 25.1. The van der Waals surface area contributed by atoms with E-state index in [0.29, 0.717) is 12.1 Å². The maximum atomic E-state index is 5.62. The van der Waals surface area contributed by atoms with Crippen molar-refractivity contribution in [1.29, 1.82) is 0 Å². The molecule has 100 valence electrons. The Morgan fingerprint density at radius 1 is 1.50 bits per heavy atom. The van der Waals surface area contributed by atoms with Crippen LogP contribution >= 0.6 is 0 Å². The quantitative estimate of drug-likeness (QED) is 0.885. The summed E-state index contributed by atoms with van der Waals surface area (Å²) in [6, 6.07) is 4.98. The average molecular weight is 249 g/mol. The Hall–Kier alpha value is -1.13. The monoisotopic (exact) mass is 249 g/mol. The third-order valence-electron chi connectivity index (χ3n) is 3.89. The number of nitrogens with zero attached hydrogens (tertiary/aromatic N) is 2. The highest BCUT2D eigenvalue weighted by Crippen LogP contribution is 2.24. The van der Waals surface area contributed by atoms with Gasteiger partial charge in [0.05, 0.1) is 29.7 Å². The molecule has 4 heteroatoms. The first-order valence-electron chi connectivity index (χ1n) is 6.61. The van der Waals surface area contributed by atoms with Crippen LogP contribution in [0.3, 0.4) is 0 Å². The summed E-state index contributed by atoms with van der Waals surface area (Å²) in [5, 5.41) is 3.20. The molecule has 0 bridgehead atoms. The minimum atomic E-state index is 0.290. The lowest BCUT2D eigenvalue weighted by Gasteiger charge is -2.28. The molecule has 1 N–H and O–H groups in total. The fourth-order valence-corrected chi connectivity index (χ4v) is 2.43. The predicted molar refractivity (Wildman–Crippen MR) is 73.9 cm³/mol. The molecule has 1 fully saturated rings. The van der Waals surface area contributed by atoms with Crippen molar-refractivity contribution in [2.75, 3.05) is 25.6 Å². The smallest absolute Gasteiger partial charge is 0.0750 e. The van der Waals surface area contributed by atoms with Crippen molar-refractivity contribution < 1.29 is 4.74 Å². The Kier molecular flexibility index (Phi) is 4.19. The second-order valence-electron chi connectivity index (χ2n) is 4.99. The maximum absolute atomic E-state index is 5.62. The number of rotatable bonds is 4. The van der Waals surface area contributed by atoms with E-state index in [0.717, 1.165) is 24.4 Å². The van der Waals surface area contributed by atoms with Crippen LogP contribution in [0.25, 0.3) is 0 Å². The van der Waals surface area contributed by atoms with Gasteiger partial charge in [0.25, 0.3) is 0 Å². The van der Waals surface area contributed by atoms with Crippen molar-refractivity contribution in [1.82, 2.24) is 10.3 Å². The first-order chi connectivity index (χ1) is 8.63. The van der Waals surface area contributed by atoms with Crippen LogP contribution in [0.5, 0.6) is 0 Å². The molecule has 1 aromatic heterocycles. The lowest BCUT2D eigenvalue weighted by molar-refractivity contribution is 0.118. The van der Waals surface area contributed by atoms with E-state index in [2.05, 4.69) is 48.2 Å². The van der Waals surface area contributed by atoms with E-state index in [1.54, 1.807) is 0 Å². The molecule has 1 aliphatic rings. The molecule has 4 nitrogen and oxygen atoms in total. The van der Waals surface area contributed by atoms with Crippen LogP contribution in [0.15, 0.2) is 18.3 Å². The van der Waals surface area contributed by atoms with Gasteiger partial charge in [-0.25, -0.2) is 0 Å². The summed E-state index contributed by atoms with van der Waals surface area (Å²) in [6.45, 7) is 5.11. The molecule has 18 heavy (non-hydrogen) atoms. The molecular formula is C14H23N3O. The molecule has 0 radical (unpaired) electrons. The molecule has 0 spiro atoms. The van der Waals surface area contributed by atoms with Gasteiger partial charge >= 0.3 is 0 Å². The number of anilines is 1. The highest BCUT2D eigenvalue weighted by Gasteiger charge is 2.28. The summed E-state index contributed by atoms with van der Waals surface area (Å²) in [7, 11) is 4.07. The van der Waals surface area contributed by atoms with Crippen LogP contribution in [-0.4, -0.2) is 37.8 Å². The average Bonchev–Trinajstić information content (AvgIpc) is 2.83. The number of nitrogens with one attached hydrogen (secondary N) is 1. The highest BCUT2D eigenvalue weighted by atomic mass is 16.5.